The van der Waals surface area contributed by atoms with Crippen LogP contribution in [0.15, 0.2) is 0 Å². The van der Waals surface area contributed by atoms with Gasteiger partial charge in [0.25, 0.3) is 0 Å². The highest BCUT2D eigenvalue weighted by atomic mass is 19.4. The Kier molecular flexibility index (Phi) is 4.87. The van der Waals surface area contributed by atoms with Crippen LogP contribution < -0.4 is 10.6 Å². The molecule has 1 aliphatic heterocycles. The van der Waals surface area contributed by atoms with Gasteiger partial charge in [0, 0.05) is 13.5 Å². The first kappa shape index (κ1) is 15.4. The average Bonchev–Trinajstić information content (AvgIpc) is 2.32. The molecule has 0 aromatic carbocycles. The van der Waals surface area contributed by atoms with Crippen LogP contribution in [0.4, 0.5) is 13.2 Å². The van der Waals surface area contributed by atoms with Gasteiger partial charge in [-0.05, 0) is 6.42 Å². The maximum atomic E-state index is 11.8. The molecule has 0 aromatic heterocycles. The molecule has 1 saturated heterocycles. The minimum absolute atomic E-state index is 0.157. The van der Waals surface area contributed by atoms with Crippen molar-refractivity contribution < 1.29 is 27.6 Å². The number of halogens is 3. The van der Waals surface area contributed by atoms with Gasteiger partial charge in [-0.1, -0.05) is 0 Å². The van der Waals surface area contributed by atoms with Crippen LogP contribution in [0.3, 0.4) is 0 Å². The smallest absolute Gasteiger partial charge is 0.346 e. The summed E-state index contributed by atoms with van der Waals surface area (Å²) in [4.78, 5) is 34.8. The summed E-state index contributed by atoms with van der Waals surface area (Å²) in [6, 6.07) is -0.723. The van der Waals surface area contributed by atoms with Gasteiger partial charge in [-0.15, -0.1) is 0 Å². The molecule has 0 radical (unpaired) electrons. The second-order valence-electron chi connectivity index (χ2n) is 4.16. The summed E-state index contributed by atoms with van der Waals surface area (Å²) in [5.74, 6) is -1.66. The van der Waals surface area contributed by atoms with E-state index < -0.39 is 37.1 Å². The topological polar surface area (TPSA) is 78.5 Å². The van der Waals surface area contributed by atoms with E-state index in [9.17, 15) is 27.6 Å². The van der Waals surface area contributed by atoms with Gasteiger partial charge in [-0.25, -0.2) is 0 Å². The van der Waals surface area contributed by atoms with Crippen molar-refractivity contribution in [2.75, 3.05) is 20.1 Å². The highest BCUT2D eigenvalue weighted by Gasteiger charge is 2.32. The Morgan fingerprint density at radius 2 is 2.05 bits per heavy atom. The number of carbonyl (C=O) groups is 3. The zero-order valence-corrected chi connectivity index (χ0v) is 10.2. The lowest BCUT2D eigenvalue weighted by atomic mass is 10.0. The molecule has 0 aromatic rings. The highest BCUT2D eigenvalue weighted by Crippen LogP contribution is 2.12. The molecule has 1 aliphatic rings. The van der Waals surface area contributed by atoms with E-state index in [1.165, 1.54) is 7.05 Å². The fourth-order valence-electron chi connectivity index (χ4n) is 1.58. The van der Waals surface area contributed by atoms with Gasteiger partial charge < -0.3 is 5.32 Å². The van der Waals surface area contributed by atoms with E-state index >= 15 is 0 Å². The van der Waals surface area contributed by atoms with Gasteiger partial charge in [0.15, 0.2) is 0 Å². The van der Waals surface area contributed by atoms with Crippen molar-refractivity contribution >= 4 is 17.7 Å². The largest absolute Gasteiger partial charge is 0.405 e. The third-order valence-electron chi connectivity index (χ3n) is 2.64. The summed E-state index contributed by atoms with van der Waals surface area (Å²) in [6.45, 7) is -1.82. The zero-order valence-electron chi connectivity index (χ0n) is 10.2. The zero-order chi connectivity index (χ0) is 14.6. The number of likely N-dealkylation sites (N-methyl/N-ethyl adjacent to an activating group) is 1. The maximum absolute atomic E-state index is 11.8. The third-order valence-corrected chi connectivity index (χ3v) is 2.64. The fourth-order valence-corrected chi connectivity index (χ4v) is 1.58. The molecular formula is C10H14F3N3O3. The van der Waals surface area contributed by atoms with Crippen LogP contribution in [0.25, 0.3) is 0 Å². The Morgan fingerprint density at radius 3 is 2.63 bits per heavy atom. The summed E-state index contributed by atoms with van der Waals surface area (Å²) in [5.41, 5.74) is 0. The number of rotatable bonds is 4. The molecule has 1 atom stereocenters. The molecule has 9 heteroatoms. The van der Waals surface area contributed by atoms with E-state index in [1.807, 2.05) is 0 Å². The average molecular weight is 281 g/mol. The molecule has 0 bridgehead atoms. The lowest BCUT2D eigenvalue weighted by molar-refractivity contribution is -0.148. The fraction of sp³-hybridized carbons (Fsp3) is 0.700. The number of piperidine rings is 1. The molecule has 2 N–H and O–H groups in total. The molecule has 0 aliphatic carbocycles. The van der Waals surface area contributed by atoms with E-state index in [4.69, 9.17) is 0 Å². The van der Waals surface area contributed by atoms with Crippen molar-refractivity contribution in [3.05, 3.63) is 0 Å². The molecule has 1 rings (SSSR count). The first-order valence-electron chi connectivity index (χ1n) is 5.58. The van der Waals surface area contributed by atoms with Gasteiger partial charge in [0.05, 0.1) is 12.6 Å². The number of hydrogen-bond acceptors (Lipinski definition) is 4. The maximum Gasteiger partial charge on any atom is 0.405 e. The lowest BCUT2D eigenvalue weighted by Crippen LogP contribution is -2.53. The lowest BCUT2D eigenvalue weighted by Gasteiger charge is -2.28. The Balaban J connectivity index is 2.34. The number of nitrogens with one attached hydrogen (secondary N) is 2. The Labute approximate surface area is 107 Å². The van der Waals surface area contributed by atoms with E-state index in [1.54, 1.807) is 5.32 Å². The molecule has 6 nitrogen and oxygen atoms in total. The number of imide groups is 1. The van der Waals surface area contributed by atoms with Crippen LogP contribution in [0.2, 0.25) is 0 Å². The van der Waals surface area contributed by atoms with Gasteiger partial charge in [0.2, 0.25) is 17.7 Å². The summed E-state index contributed by atoms with van der Waals surface area (Å²) in [6.07, 6.45) is -4.08. The Bertz CT molecular complexity index is 384. The Hall–Kier alpha value is -1.64. The molecule has 19 heavy (non-hydrogen) atoms. The quantitative estimate of drug-likeness (QED) is 0.675. The minimum Gasteiger partial charge on any atom is -0.346 e. The SMILES string of the molecule is CN1C(=O)CCC(NCC(=O)NCC(F)(F)F)C1=O. The first-order valence-corrected chi connectivity index (χ1v) is 5.58. The minimum atomic E-state index is -4.47. The summed E-state index contributed by atoms with van der Waals surface area (Å²) in [7, 11) is 1.32. The van der Waals surface area contributed by atoms with Crippen molar-refractivity contribution in [2.45, 2.75) is 25.1 Å². The van der Waals surface area contributed by atoms with Crippen LogP contribution in [-0.4, -0.2) is 55.0 Å². The van der Waals surface area contributed by atoms with E-state index in [0.717, 1.165) is 4.90 Å². The summed E-state index contributed by atoms with van der Waals surface area (Å²) < 4.78 is 35.5. The van der Waals surface area contributed by atoms with E-state index in [2.05, 4.69) is 5.32 Å². The van der Waals surface area contributed by atoms with Crippen LogP contribution >= 0.6 is 0 Å². The second kappa shape index (κ2) is 6.00. The monoisotopic (exact) mass is 281 g/mol. The molecule has 1 unspecified atom stereocenters. The normalized spacial score (nSPS) is 20.6. The van der Waals surface area contributed by atoms with Crippen LogP contribution in [0.1, 0.15) is 12.8 Å². The number of carbonyl (C=O) groups excluding carboxylic acids is 3. The predicted molar refractivity (Wildman–Crippen MR) is 57.9 cm³/mol. The second-order valence-corrected chi connectivity index (χ2v) is 4.16. The molecule has 108 valence electrons. The van der Waals surface area contributed by atoms with Gasteiger partial charge in [-0.3, -0.25) is 24.6 Å². The van der Waals surface area contributed by atoms with Crippen LogP contribution in [-0.2, 0) is 14.4 Å². The van der Waals surface area contributed by atoms with Crippen molar-refractivity contribution in [2.24, 2.45) is 0 Å². The summed E-state index contributed by atoms with van der Waals surface area (Å²) >= 11 is 0. The number of likely N-dealkylation sites (tertiary alicyclic amines) is 1. The number of hydrogen-bond donors (Lipinski definition) is 2. The van der Waals surface area contributed by atoms with Gasteiger partial charge in [0.1, 0.15) is 6.54 Å². The van der Waals surface area contributed by atoms with Gasteiger partial charge >= 0.3 is 6.18 Å². The predicted octanol–water partition coefficient (Wildman–Crippen LogP) is -0.598. The first-order chi connectivity index (χ1) is 8.70. The van der Waals surface area contributed by atoms with Crippen molar-refractivity contribution in [3.63, 3.8) is 0 Å². The van der Waals surface area contributed by atoms with E-state index in [-0.39, 0.29) is 18.7 Å². The molecule has 3 amide bonds. The molecule has 0 saturated carbocycles. The summed E-state index contributed by atoms with van der Waals surface area (Å²) in [5, 5.41) is 4.21. The highest BCUT2D eigenvalue weighted by molar-refractivity contribution is 6.00. The molecular weight excluding hydrogens is 267 g/mol. The molecule has 1 fully saturated rings. The van der Waals surface area contributed by atoms with Crippen molar-refractivity contribution in [1.82, 2.24) is 15.5 Å². The van der Waals surface area contributed by atoms with Crippen LogP contribution in [0, 0.1) is 0 Å². The van der Waals surface area contributed by atoms with Crippen LogP contribution in [0.5, 0.6) is 0 Å². The third kappa shape index (κ3) is 4.86. The standard InChI is InChI=1S/C10H14F3N3O3/c1-16-8(18)3-2-6(9(16)19)14-4-7(17)15-5-10(11,12)13/h6,14H,2-5H2,1H3,(H,15,17). The van der Waals surface area contributed by atoms with E-state index in [0.29, 0.717) is 0 Å². The number of alkyl halides is 3. The van der Waals surface area contributed by atoms with Gasteiger partial charge in [-0.2, -0.15) is 13.2 Å². The molecule has 1 heterocycles. The van der Waals surface area contributed by atoms with Crippen molar-refractivity contribution in [1.29, 1.82) is 0 Å². The number of nitrogens with zero attached hydrogens (tertiary/aromatic N) is 1. The van der Waals surface area contributed by atoms with Crippen molar-refractivity contribution in [3.8, 4) is 0 Å². The molecule has 0 spiro atoms. The Morgan fingerprint density at radius 1 is 1.42 bits per heavy atom. The number of amides is 3.